The zero-order valence-electron chi connectivity index (χ0n) is 17.6. The van der Waals surface area contributed by atoms with Crippen molar-refractivity contribution < 1.29 is 0 Å². The zero-order chi connectivity index (χ0) is 20.2. The van der Waals surface area contributed by atoms with E-state index in [-0.39, 0.29) is 5.41 Å². The van der Waals surface area contributed by atoms with Gasteiger partial charge in [0.2, 0.25) is 0 Å². The van der Waals surface area contributed by atoms with Crippen LogP contribution in [-0.4, -0.2) is 0 Å². The molecule has 0 radical (unpaired) electrons. The minimum absolute atomic E-state index is 0.0317. The van der Waals surface area contributed by atoms with Crippen LogP contribution in [0.2, 0.25) is 0 Å². The van der Waals surface area contributed by atoms with E-state index < -0.39 is 0 Å². The normalized spacial score (nSPS) is 13.8. The molecule has 0 heteroatoms. The SMILES string of the molecule is CC.CC1(C)c2ccc3ccccc3c2-c2cccc3c2c1cc1ccccc13. The van der Waals surface area contributed by atoms with Gasteiger partial charge in [0.1, 0.15) is 0 Å². The molecule has 0 bridgehead atoms. The first kappa shape index (κ1) is 17.9. The Labute approximate surface area is 172 Å². The molecule has 0 aliphatic heterocycles. The van der Waals surface area contributed by atoms with Crippen LogP contribution in [0.1, 0.15) is 38.8 Å². The Kier molecular flexibility index (Phi) is 3.99. The summed E-state index contributed by atoms with van der Waals surface area (Å²) in [5.74, 6) is 0. The summed E-state index contributed by atoms with van der Waals surface area (Å²) in [7, 11) is 0. The zero-order valence-corrected chi connectivity index (χ0v) is 17.6. The van der Waals surface area contributed by atoms with Crippen LogP contribution in [-0.2, 0) is 5.41 Å². The lowest BCUT2D eigenvalue weighted by Gasteiger charge is -2.36. The Morgan fingerprint density at radius 1 is 0.552 bits per heavy atom. The lowest BCUT2D eigenvalue weighted by molar-refractivity contribution is 0.647. The van der Waals surface area contributed by atoms with Gasteiger partial charge in [-0.1, -0.05) is 107 Å². The lowest BCUT2D eigenvalue weighted by atomic mass is 9.67. The van der Waals surface area contributed by atoms with Crippen LogP contribution in [0.4, 0.5) is 0 Å². The van der Waals surface area contributed by atoms with Crippen molar-refractivity contribution in [2.45, 2.75) is 33.1 Å². The highest BCUT2D eigenvalue weighted by Gasteiger charge is 2.34. The summed E-state index contributed by atoms with van der Waals surface area (Å²) in [5, 5.41) is 8.13. The molecule has 0 unspecified atom stereocenters. The molecule has 0 fully saturated rings. The summed E-state index contributed by atoms with van der Waals surface area (Å²) < 4.78 is 0. The van der Waals surface area contributed by atoms with E-state index in [4.69, 9.17) is 0 Å². The fraction of sp³-hybridized carbons (Fsp3) is 0.172. The summed E-state index contributed by atoms with van der Waals surface area (Å²) in [4.78, 5) is 0. The average Bonchev–Trinajstić information content (AvgIpc) is 2.78. The van der Waals surface area contributed by atoms with E-state index in [1.807, 2.05) is 13.8 Å². The fourth-order valence-electron chi connectivity index (χ4n) is 5.09. The van der Waals surface area contributed by atoms with Gasteiger partial charge in [0, 0.05) is 5.41 Å². The topological polar surface area (TPSA) is 0 Å². The van der Waals surface area contributed by atoms with Crippen molar-refractivity contribution >= 4 is 32.3 Å². The highest BCUT2D eigenvalue weighted by Crippen LogP contribution is 2.52. The third-order valence-corrected chi connectivity index (χ3v) is 6.43. The van der Waals surface area contributed by atoms with Crippen molar-refractivity contribution in [2.24, 2.45) is 0 Å². The van der Waals surface area contributed by atoms with Gasteiger partial charge in [-0.25, -0.2) is 0 Å². The summed E-state index contributed by atoms with van der Waals surface area (Å²) in [6.07, 6.45) is 0. The van der Waals surface area contributed by atoms with E-state index in [0.29, 0.717) is 0 Å². The second kappa shape index (κ2) is 6.46. The van der Waals surface area contributed by atoms with E-state index >= 15 is 0 Å². The summed E-state index contributed by atoms with van der Waals surface area (Å²) in [6.45, 7) is 8.75. The average molecular weight is 375 g/mol. The van der Waals surface area contributed by atoms with E-state index in [2.05, 4.69) is 98.8 Å². The first-order valence-corrected chi connectivity index (χ1v) is 10.6. The molecular formula is C29H26. The van der Waals surface area contributed by atoms with Crippen LogP contribution in [0.5, 0.6) is 0 Å². The molecule has 0 saturated carbocycles. The maximum Gasteiger partial charge on any atom is 0.0159 e. The largest absolute Gasteiger partial charge is 0.0683 e. The van der Waals surface area contributed by atoms with Crippen molar-refractivity contribution in [1.29, 1.82) is 0 Å². The molecule has 29 heavy (non-hydrogen) atoms. The van der Waals surface area contributed by atoms with Gasteiger partial charge in [0.25, 0.3) is 0 Å². The van der Waals surface area contributed by atoms with Crippen molar-refractivity contribution in [3.63, 3.8) is 0 Å². The molecule has 1 aliphatic rings. The maximum atomic E-state index is 2.42. The van der Waals surface area contributed by atoms with Crippen LogP contribution in [0.25, 0.3) is 43.4 Å². The molecule has 6 rings (SSSR count). The van der Waals surface area contributed by atoms with Gasteiger partial charge in [-0.15, -0.1) is 0 Å². The van der Waals surface area contributed by atoms with Gasteiger partial charge in [-0.3, -0.25) is 0 Å². The second-order valence-corrected chi connectivity index (χ2v) is 8.21. The molecule has 0 heterocycles. The van der Waals surface area contributed by atoms with Crippen molar-refractivity contribution in [2.75, 3.05) is 0 Å². The van der Waals surface area contributed by atoms with Crippen molar-refractivity contribution in [3.8, 4) is 11.1 Å². The van der Waals surface area contributed by atoms with Crippen molar-refractivity contribution in [1.82, 2.24) is 0 Å². The van der Waals surface area contributed by atoms with Gasteiger partial charge >= 0.3 is 0 Å². The summed E-state index contributed by atoms with van der Waals surface area (Å²) >= 11 is 0. The molecule has 1 aliphatic carbocycles. The quantitative estimate of drug-likeness (QED) is 0.238. The monoisotopic (exact) mass is 374 g/mol. The van der Waals surface area contributed by atoms with E-state index in [0.717, 1.165) is 0 Å². The molecule has 142 valence electrons. The van der Waals surface area contributed by atoms with Gasteiger partial charge in [0.15, 0.2) is 0 Å². The standard InChI is InChI=1S/C27H20.C2H6/c1-27(2)23-15-14-17-8-3-6-11-20(17)25(23)22-13-7-12-21-19-10-5-4-9-18(19)16-24(27)26(21)22;1-2/h3-16H,1-2H3;1-2H3. The van der Waals surface area contributed by atoms with Crippen molar-refractivity contribution in [3.05, 3.63) is 96.1 Å². The molecule has 0 nitrogen and oxygen atoms in total. The second-order valence-electron chi connectivity index (χ2n) is 8.21. The third-order valence-electron chi connectivity index (χ3n) is 6.43. The molecule has 0 spiro atoms. The molecule has 0 N–H and O–H groups in total. The molecule has 0 atom stereocenters. The summed E-state index contributed by atoms with van der Waals surface area (Å²) in [6, 6.07) is 31.4. The van der Waals surface area contributed by atoms with E-state index in [9.17, 15) is 0 Å². The lowest BCUT2D eigenvalue weighted by Crippen LogP contribution is -2.23. The van der Waals surface area contributed by atoms with Gasteiger partial charge in [-0.05, 0) is 60.6 Å². The first-order valence-electron chi connectivity index (χ1n) is 10.6. The van der Waals surface area contributed by atoms with Crippen LogP contribution in [0, 0.1) is 0 Å². The highest BCUT2D eigenvalue weighted by molar-refractivity contribution is 6.18. The number of hydrogen-bond acceptors (Lipinski definition) is 0. The summed E-state index contributed by atoms with van der Waals surface area (Å²) in [5.41, 5.74) is 5.62. The van der Waals surface area contributed by atoms with Gasteiger partial charge < -0.3 is 0 Å². The van der Waals surface area contributed by atoms with Crippen LogP contribution >= 0.6 is 0 Å². The maximum absolute atomic E-state index is 2.42. The molecular weight excluding hydrogens is 348 g/mol. The smallest absolute Gasteiger partial charge is 0.0159 e. The Morgan fingerprint density at radius 3 is 2.00 bits per heavy atom. The van der Waals surface area contributed by atoms with Gasteiger partial charge in [0.05, 0.1) is 0 Å². The number of rotatable bonds is 0. The Bertz CT molecular complexity index is 1390. The van der Waals surface area contributed by atoms with Crippen LogP contribution in [0.15, 0.2) is 84.9 Å². The predicted molar refractivity (Wildman–Crippen MR) is 128 cm³/mol. The first-order chi connectivity index (χ1) is 14.2. The molecule has 5 aromatic rings. The number of benzene rings is 5. The van der Waals surface area contributed by atoms with Crippen LogP contribution in [0.3, 0.4) is 0 Å². The molecule has 0 amide bonds. The Hall–Kier alpha value is -3.12. The fourth-order valence-corrected chi connectivity index (χ4v) is 5.09. The molecule has 0 aromatic heterocycles. The van der Waals surface area contributed by atoms with Gasteiger partial charge in [-0.2, -0.15) is 0 Å². The minimum Gasteiger partial charge on any atom is -0.0683 e. The Balaban J connectivity index is 0.000000882. The molecule has 5 aromatic carbocycles. The predicted octanol–water partition coefficient (Wildman–Crippen LogP) is 8.48. The van der Waals surface area contributed by atoms with E-state index in [1.165, 1.54) is 54.6 Å². The molecule has 0 saturated heterocycles. The highest BCUT2D eigenvalue weighted by atomic mass is 14.4. The third kappa shape index (κ3) is 2.39. The van der Waals surface area contributed by atoms with Crippen LogP contribution < -0.4 is 0 Å². The Morgan fingerprint density at radius 2 is 1.21 bits per heavy atom. The number of hydrogen-bond donors (Lipinski definition) is 0. The minimum atomic E-state index is -0.0317. The number of fused-ring (bicyclic) bond motifs is 6. The van der Waals surface area contributed by atoms with E-state index in [1.54, 1.807) is 0 Å².